The Morgan fingerprint density at radius 1 is 1.30 bits per heavy atom. The highest BCUT2D eigenvalue weighted by Crippen LogP contribution is 2.16. The number of pyridine rings is 1. The lowest BCUT2D eigenvalue weighted by Crippen LogP contribution is -2.14. The van der Waals surface area contributed by atoms with Crippen LogP contribution in [0.2, 0.25) is 0 Å². The van der Waals surface area contributed by atoms with Gasteiger partial charge in [-0.2, -0.15) is 5.26 Å². The topological polar surface area (TPSA) is 68.9 Å². The van der Waals surface area contributed by atoms with Crippen molar-refractivity contribution in [2.24, 2.45) is 0 Å². The lowest BCUT2D eigenvalue weighted by Gasteiger charge is -2.13. The second-order valence-corrected chi connectivity index (χ2v) is 4.41. The molecular weight excluding hydrogens is 257 g/mol. The summed E-state index contributed by atoms with van der Waals surface area (Å²) in [5.74, 6) is 0.0923. The molecule has 0 aliphatic carbocycles. The number of benzene rings is 1. The summed E-state index contributed by atoms with van der Waals surface area (Å²) >= 11 is 0. The van der Waals surface area contributed by atoms with Crippen LogP contribution in [-0.2, 0) is 0 Å². The van der Waals surface area contributed by atoms with E-state index in [-0.39, 0.29) is 12.4 Å². The number of nitrogens with one attached hydrogen (secondary N) is 1. The first-order valence-corrected chi connectivity index (χ1v) is 6.15. The molecule has 0 aliphatic heterocycles. The molecular formula is C15H14FN3O. The smallest absolute Gasteiger partial charge is 0.144 e. The van der Waals surface area contributed by atoms with E-state index < -0.39 is 6.10 Å². The molecule has 2 N–H and O–H groups in total. The van der Waals surface area contributed by atoms with Crippen LogP contribution in [0.5, 0.6) is 0 Å². The quantitative estimate of drug-likeness (QED) is 0.896. The maximum Gasteiger partial charge on any atom is 0.144 e. The molecule has 1 aromatic heterocycles. The number of nitriles is 1. The Balaban J connectivity index is 2.07. The Hall–Kier alpha value is -2.45. The summed E-state index contributed by atoms with van der Waals surface area (Å²) in [5, 5.41) is 21.9. The third kappa shape index (κ3) is 3.31. The second-order valence-electron chi connectivity index (χ2n) is 4.41. The average molecular weight is 271 g/mol. The van der Waals surface area contributed by atoms with Gasteiger partial charge in [0.15, 0.2) is 0 Å². The highest BCUT2D eigenvalue weighted by atomic mass is 19.1. The summed E-state index contributed by atoms with van der Waals surface area (Å²) in [6, 6.07) is 11.1. The zero-order chi connectivity index (χ0) is 14.5. The Bertz CT molecular complexity index is 635. The Labute approximate surface area is 116 Å². The number of hydrogen-bond acceptors (Lipinski definition) is 4. The second kappa shape index (κ2) is 6.13. The van der Waals surface area contributed by atoms with E-state index in [4.69, 9.17) is 5.26 Å². The van der Waals surface area contributed by atoms with Crippen LogP contribution in [0.15, 0.2) is 36.4 Å². The lowest BCUT2D eigenvalue weighted by atomic mass is 10.1. The number of aryl methyl sites for hydroxylation is 1. The van der Waals surface area contributed by atoms with Crippen molar-refractivity contribution in [3.05, 3.63) is 59.0 Å². The van der Waals surface area contributed by atoms with Gasteiger partial charge in [-0.15, -0.1) is 0 Å². The molecule has 20 heavy (non-hydrogen) atoms. The molecule has 1 heterocycles. The summed E-state index contributed by atoms with van der Waals surface area (Å²) in [6.07, 6.45) is -0.801. The Morgan fingerprint density at radius 2 is 2.00 bits per heavy atom. The van der Waals surface area contributed by atoms with Crippen LogP contribution in [0.3, 0.4) is 0 Å². The van der Waals surface area contributed by atoms with Crippen LogP contribution < -0.4 is 5.32 Å². The maximum atomic E-state index is 12.8. The van der Waals surface area contributed by atoms with E-state index in [0.717, 1.165) is 5.69 Å². The molecule has 2 rings (SSSR count). The van der Waals surface area contributed by atoms with Crippen LogP contribution in [0.25, 0.3) is 0 Å². The number of nitrogens with zero attached hydrogens (tertiary/aromatic N) is 2. The Kier molecular flexibility index (Phi) is 4.28. The number of rotatable bonds is 4. The van der Waals surface area contributed by atoms with Gasteiger partial charge >= 0.3 is 0 Å². The average Bonchev–Trinajstić information content (AvgIpc) is 2.45. The van der Waals surface area contributed by atoms with Gasteiger partial charge in [0.05, 0.1) is 11.7 Å². The van der Waals surface area contributed by atoms with Gasteiger partial charge in [0, 0.05) is 12.2 Å². The van der Waals surface area contributed by atoms with Crippen molar-refractivity contribution < 1.29 is 9.50 Å². The predicted molar refractivity (Wildman–Crippen MR) is 73.5 cm³/mol. The third-order valence-corrected chi connectivity index (χ3v) is 2.87. The van der Waals surface area contributed by atoms with Gasteiger partial charge in [-0.3, -0.25) is 0 Å². The predicted octanol–water partition coefficient (Wildman–Crippen LogP) is 2.55. The summed E-state index contributed by atoms with van der Waals surface area (Å²) in [4.78, 5) is 4.22. The van der Waals surface area contributed by atoms with E-state index in [1.54, 1.807) is 12.1 Å². The van der Waals surface area contributed by atoms with Gasteiger partial charge in [0.2, 0.25) is 0 Å². The van der Waals surface area contributed by atoms with Crippen LogP contribution in [0.1, 0.15) is 22.9 Å². The molecule has 2 aromatic rings. The molecule has 102 valence electrons. The standard InChI is InChI=1S/C15H14FN3O/c1-10-2-3-12(8-17)15(19-10)18-9-14(20)11-4-6-13(16)7-5-11/h2-7,14,20H,9H2,1H3,(H,18,19)/t14-/m1/s1. The first kappa shape index (κ1) is 14.0. The van der Waals surface area contributed by atoms with E-state index >= 15 is 0 Å². The zero-order valence-corrected chi connectivity index (χ0v) is 11.0. The summed E-state index contributed by atoms with van der Waals surface area (Å²) in [5.41, 5.74) is 1.80. The van der Waals surface area contributed by atoms with Gasteiger partial charge in [0.25, 0.3) is 0 Å². The molecule has 4 nitrogen and oxygen atoms in total. The first-order chi connectivity index (χ1) is 9.60. The minimum atomic E-state index is -0.801. The summed E-state index contributed by atoms with van der Waals surface area (Å²) in [6.45, 7) is 2.01. The zero-order valence-electron chi connectivity index (χ0n) is 11.0. The van der Waals surface area contributed by atoms with Crippen molar-refractivity contribution in [1.29, 1.82) is 5.26 Å². The third-order valence-electron chi connectivity index (χ3n) is 2.87. The first-order valence-electron chi connectivity index (χ1n) is 6.15. The monoisotopic (exact) mass is 271 g/mol. The largest absolute Gasteiger partial charge is 0.387 e. The number of halogens is 1. The van der Waals surface area contributed by atoms with Crippen molar-refractivity contribution in [1.82, 2.24) is 4.98 Å². The molecule has 0 radical (unpaired) electrons. The fraction of sp³-hybridized carbons (Fsp3) is 0.200. The van der Waals surface area contributed by atoms with E-state index in [0.29, 0.717) is 16.9 Å². The molecule has 0 spiro atoms. The number of aliphatic hydroxyl groups excluding tert-OH is 1. The molecule has 0 saturated carbocycles. The van der Waals surface area contributed by atoms with Crippen molar-refractivity contribution in [3.63, 3.8) is 0 Å². The van der Waals surface area contributed by atoms with Crippen molar-refractivity contribution in [2.45, 2.75) is 13.0 Å². The van der Waals surface area contributed by atoms with Gasteiger partial charge in [-0.05, 0) is 36.8 Å². The minimum absolute atomic E-state index is 0.191. The lowest BCUT2D eigenvalue weighted by molar-refractivity contribution is 0.191. The van der Waals surface area contributed by atoms with Crippen LogP contribution in [0.4, 0.5) is 10.2 Å². The number of anilines is 1. The van der Waals surface area contributed by atoms with Crippen LogP contribution in [-0.4, -0.2) is 16.6 Å². The molecule has 0 fully saturated rings. The molecule has 0 saturated heterocycles. The SMILES string of the molecule is Cc1ccc(C#N)c(NC[C@@H](O)c2ccc(F)cc2)n1. The van der Waals surface area contributed by atoms with E-state index in [2.05, 4.69) is 10.3 Å². The highest BCUT2D eigenvalue weighted by Gasteiger charge is 2.10. The van der Waals surface area contributed by atoms with E-state index in [1.807, 2.05) is 13.0 Å². The van der Waals surface area contributed by atoms with Crippen molar-refractivity contribution >= 4 is 5.82 Å². The fourth-order valence-corrected chi connectivity index (χ4v) is 1.78. The number of hydrogen-bond donors (Lipinski definition) is 2. The normalized spacial score (nSPS) is 11.7. The Morgan fingerprint density at radius 3 is 2.65 bits per heavy atom. The van der Waals surface area contributed by atoms with Gasteiger partial charge in [0.1, 0.15) is 17.7 Å². The van der Waals surface area contributed by atoms with E-state index in [9.17, 15) is 9.50 Å². The molecule has 0 aliphatic rings. The number of aliphatic hydroxyl groups is 1. The van der Waals surface area contributed by atoms with Crippen molar-refractivity contribution in [2.75, 3.05) is 11.9 Å². The molecule has 5 heteroatoms. The molecule has 0 unspecified atom stereocenters. The van der Waals surface area contributed by atoms with Crippen molar-refractivity contribution in [3.8, 4) is 6.07 Å². The fourth-order valence-electron chi connectivity index (χ4n) is 1.78. The molecule has 1 atom stereocenters. The van der Waals surface area contributed by atoms with Gasteiger partial charge < -0.3 is 10.4 Å². The van der Waals surface area contributed by atoms with E-state index in [1.165, 1.54) is 24.3 Å². The summed E-state index contributed by atoms with van der Waals surface area (Å²) < 4.78 is 12.8. The maximum absolute atomic E-state index is 12.8. The minimum Gasteiger partial charge on any atom is -0.387 e. The number of aromatic nitrogens is 1. The molecule has 0 bridgehead atoms. The van der Waals surface area contributed by atoms with Gasteiger partial charge in [-0.25, -0.2) is 9.37 Å². The summed E-state index contributed by atoms with van der Waals surface area (Å²) in [7, 11) is 0. The van der Waals surface area contributed by atoms with Crippen LogP contribution in [0, 0.1) is 24.1 Å². The molecule has 0 amide bonds. The molecule has 1 aromatic carbocycles. The highest BCUT2D eigenvalue weighted by molar-refractivity contribution is 5.52. The van der Waals surface area contributed by atoms with Crippen LogP contribution >= 0.6 is 0 Å². The van der Waals surface area contributed by atoms with Gasteiger partial charge in [-0.1, -0.05) is 12.1 Å².